The van der Waals surface area contributed by atoms with E-state index in [0.717, 1.165) is 12.8 Å². The van der Waals surface area contributed by atoms with Crippen molar-refractivity contribution in [1.82, 2.24) is 0 Å². The molecule has 0 bridgehead atoms. The van der Waals surface area contributed by atoms with E-state index in [0.29, 0.717) is 0 Å². The van der Waals surface area contributed by atoms with Crippen LogP contribution in [0.4, 0.5) is 0 Å². The standard InChI is InChI=1S/C16H30Cl2O/c1-2-3-4-5-6-7-8-9-10-11-12-13-14-15(17)16(18)19/h15H,2-14H2,1H3. The second kappa shape index (κ2) is 14.7. The fourth-order valence-electron chi connectivity index (χ4n) is 2.28. The van der Waals surface area contributed by atoms with Gasteiger partial charge in [-0.05, 0) is 18.0 Å². The van der Waals surface area contributed by atoms with Crippen LogP contribution in [0.1, 0.15) is 90.4 Å². The monoisotopic (exact) mass is 308 g/mol. The normalized spacial score (nSPS) is 12.6. The van der Waals surface area contributed by atoms with Crippen LogP contribution in [0.2, 0.25) is 0 Å². The minimum atomic E-state index is -0.482. The van der Waals surface area contributed by atoms with Crippen LogP contribution in [0, 0.1) is 0 Å². The number of carbonyl (C=O) groups is 1. The molecule has 0 heterocycles. The maximum atomic E-state index is 10.7. The van der Waals surface area contributed by atoms with E-state index < -0.39 is 10.6 Å². The number of alkyl halides is 1. The van der Waals surface area contributed by atoms with Gasteiger partial charge in [-0.2, -0.15) is 0 Å². The molecule has 1 nitrogen and oxygen atoms in total. The van der Waals surface area contributed by atoms with Gasteiger partial charge >= 0.3 is 0 Å². The predicted molar refractivity (Wildman–Crippen MR) is 86.2 cm³/mol. The minimum Gasteiger partial charge on any atom is -0.280 e. The van der Waals surface area contributed by atoms with Gasteiger partial charge in [-0.3, -0.25) is 4.79 Å². The molecule has 0 rings (SSSR count). The summed E-state index contributed by atoms with van der Waals surface area (Å²) in [5.74, 6) is 0. The van der Waals surface area contributed by atoms with Gasteiger partial charge in [0.2, 0.25) is 5.24 Å². The van der Waals surface area contributed by atoms with Crippen molar-refractivity contribution in [2.24, 2.45) is 0 Å². The minimum absolute atomic E-state index is 0.412. The van der Waals surface area contributed by atoms with E-state index in [9.17, 15) is 4.79 Å². The smallest absolute Gasteiger partial charge is 0.239 e. The molecule has 3 heteroatoms. The molecule has 1 atom stereocenters. The van der Waals surface area contributed by atoms with E-state index >= 15 is 0 Å². The van der Waals surface area contributed by atoms with Crippen LogP contribution in [0.25, 0.3) is 0 Å². The lowest BCUT2D eigenvalue weighted by Gasteiger charge is -2.04. The molecule has 0 amide bonds. The average Bonchev–Trinajstić information content (AvgIpc) is 2.39. The van der Waals surface area contributed by atoms with Gasteiger partial charge in [-0.25, -0.2) is 0 Å². The van der Waals surface area contributed by atoms with Gasteiger partial charge in [0.25, 0.3) is 0 Å². The zero-order valence-electron chi connectivity index (χ0n) is 12.4. The SMILES string of the molecule is CCCCCCCCCCCCCCC(Cl)C(=O)Cl. The molecule has 0 aliphatic rings. The highest BCUT2D eigenvalue weighted by molar-refractivity contribution is 6.69. The predicted octanol–water partition coefficient (Wildman–Crippen LogP) is 6.45. The van der Waals surface area contributed by atoms with Crippen molar-refractivity contribution in [1.29, 1.82) is 0 Å². The lowest BCUT2D eigenvalue weighted by atomic mass is 10.0. The summed E-state index contributed by atoms with van der Waals surface area (Å²) in [6.45, 7) is 2.26. The van der Waals surface area contributed by atoms with Crippen LogP contribution in [0.5, 0.6) is 0 Å². The zero-order valence-corrected chi connectivity index (χ0v) is 13.9. The lowest BCUT2D eigenvalue weighted by molar-refractivity contribution is -0.111. The Bertz CT molecular complexity index is 207. The van der Waals surface area contributed by atoms with E-state index in [2.05, 4.69) is 6.92 Å². The Morgan fingerprint density at radius 2 is 1.16 bits per heavy atom. The van der Waals surface area contributed by atoms with E-state index in [1.807, 2.05) is 0 Å². The van der Waals surface area contributed by atoms with Crippen molar-refractivity contribution >= 4 is 28.4 Å². The first-order valence-electron chi connectivity index (χ1n) is 8.02. The number of carbonyl (C=O) groups excluding carboxylic acids is 1. The third kappa shape index (κ3) is 14.5. The van der Waals surface area contributed by atoms with Crippen LogP contribution in [-0.4, -0.2) is 10.6 Å². The van der Waals surface area contributed by atoms with Crippen LogP contribution >= 0.6 is 23.2 Å². The molecule has 0 N–H and O–H groups in total. The Kier molecular flexibility index (Phi) is 14.8. The summed E-state index contributed by atoms with van der Waals surface area (Å²) >= 11 is 11.1. The Morgan fingerprint density at radius 1 is 0.789 bits per heavy atom. The van der Waals surface area contributed by atoms with Gasteiger partial charge in [-0.15, -0.1) is 11.6 Å². The molecule has 0 aromatic rings. The molecule has 0 radical (unpaired) electrons. The van der Waals surface area contributed by atoms with Gasteiger partial charge in [0.15, 0.2) is 0 Å². The molecule has 0 aliphatic heterocycles. The molecule has 0 aliphatic carbocycles. The van der Waals surface area contributed by atoms with Crippen molar-refractivity contribution in [3.05, 3.63) is 0 Å². The van der Waals surface area contributed by atoms with Crippen LogP contribution < -0.4 is 0 Å². The third-order valence-corrected chi connectivity index (χ3v) is 4.35. The van der Waals surface area contributed by atoms with Gasteiger partial charge in [-0.1, -0.05) is 84.0 Å². The summed E-state index contributed by atoms with van der Waals surface area (Å²) in [4.78, 5) is 10.7. The molecular weight excluding hydrogens is 279 g/mol. The first-order chi connectivity index (χ1) is 9.18. The van der Waals surface area contributed by atoms with E-state index in [4.69, 9.17) is 23.2 Å². The highest BCUT2D eigenvalue weighted by atomic mass is 35.5. The zero-order chi connectivity index (χ0) is 14.3. The Hall–Kier alpha value is 0.250. The average molecular weight is 309 g/mol. The molecule has 0 aromatic carbocycles. The van der Waals surface area contributed by atoms with Gasteiger partial charge in [0.1, 0.15) is 5.38 Å². The number of rotatable bonds is 14. The number of hydrogen-bond acceptors (Lipinski definition) is 1. The van der Waals surface area contributed by atoms with Gasteiger partial charge < -0.3 is 0 Å². The molecule has 19 heavy (non-hydrogen) atoms. The van der Waals surface area contributed by atoms with Crippen molar-refractivity contribution in [3.63, 3.8) is 0 Å². The highest BCUT2D eigenvalue weighted by Crippen LogP contribution is 2.15. The van der Waals surface area contributed by atoms with Crippen molar-refractivity contribution in [2.45, 2.75) is 95.8 Å². The number of unbranched alkanes of at least 4 members (excludes halogenated alkanes) is 11. The summed E-state index contributed by atoms with van der Waals surface area (Å²) in [5.41, 5.74) is 0. The van der Waals surface area contributed by atoms with E-state index in [1.165, 1.54) is 70.6 Å². The van der Waals surface area contributed by atoms with Gasteiger partial charge in [0, 0.05) is 0 Å². The lowest BCUT2D eigenvalue weighted by Crippen LogP contribution is -2.06. The summed E-state index contributed by atoms with van der Waals surface area (Å²) in [5, 5.41) is -0.894. The summed E-state index contributed by atoms with van der Waals surface area (Å²) in [6, 6.07) is 0. The van der Waals surface area contributed by atoms with Crippen LogP contribution in [0.15, 0.2) is 0 Å². The molecule has 114 valence electrons. The van der Waals surface area contributed by atoms with Crippen molar-refractivity contribution in [2.75, 3.05) is 0 Å². The summed E-state index contributed by atoms with van der Waals surface area (Å²) in [6.07, 6.45) is 16.6. The molecule has 0 aromatic heterocycles. The van der Waals surface area contributed by atoms with Crippen molar-refractivity contribution in [3.8, 4) is 0 Å². The fraction of sp³-hybridized carbons (Fsp3) is 0.938. The largest absolute Gasteiger partial charge is 0.280 e. The molecule has 0 fully saturated rings. The van der Waals surface area contributed by atoms with Crippen molar-refractivity contribution < 1.29 is 4.79 Å². The number of halogens is 2. The Morgan fingerprint density at radius 3 is 1.53 bits per heavy atom. The maximum Gasteiger partial charge on any atom is 0.239 e. The molecule has 0 saturated carbocycles. The molecule has 0 saturated heterocycles. The third-order valence-electron chi connectivity index (χ3n) is 3.56. The molecule has 1 unspecified atom stereocenters. The maximum absolute atomic E-state index is 10.7. The molecular formula is C16H30Cl2O. The summed E-state index contributed by atoms with van der Waals surface area (Å²) in [7, 11) is 0. The quantitative estimate of drug-likeness (QED) is 0.205. The summed E-state index contributed by atoms with van der Waals surface area (Å²) < 4.78 is 0. The first kappa shape index (κ1) is 19.2. The first-order valence-corrected chi connectivity index (χ1v) is 8.83. The highest BCUT2D eigenvalue weighted by Gasteiger charge is 2.10. The van der Waals surface area contributed by atoms with E-state index in [-0.39, 0.29) is 0 Å². The molecule has 0 spiro atoms. The second-order valence-electron chi connectivity index (χ2n) is 5.45. The van der Waals surface area contributed by atoms with E-state index in [1.54, 1.807) is 0 Å². The van der Waals surface area contributed by atoms with Crippen LogP contribution in [0.3, 0.4) is 0 Å². The van der Waals surface area contributed by atoms with Gasteiger partial charge in [0.05, 0.1) is 0 Å². The van der Waals surface area contributed by atoms with Crippen LogP contribution in [-0.2, 0) is 4.79 Å². The fourth-order valence-corrected chi connectivity index (χ4v) is 2.54. The topological polar surface area (TPSA) is 17.1 Å². The Labute approximate surface area is 129 Å². The second-order valence-corrected chi connectivity index (χ2v) is 6.35. The number of hydrogen-bond donors (Lipinski definition) is 0. The Balaban J connectivity index is 3.05.